The van der Waals surface area contributed by atoms with Crippen LogP contribution < -0.4 is 15.8 Å². The number of nitrogens with one attached hydrogen (secondary N) is 1. The lowest BCUT2D eigenvalue weighted by Crippen LogP contribution is -2.24. The zero-order valence-corrected chi connectivity index (χ0v) is 12.0. The molecule has 104 valence electrons. The Bertz CT molecular complexity index is 651. The van der Waals surface area contributed by atoms with Crippen LogP contribution in [0.4, 0.5) is 0 Å². The van der Waals surface area contributed by atoms with E-state index in [-0.39, 0.29) is 11.9 Å². The number of carbonyl (C=O) groups excluding carboxylic acids is 1. The van der Waals surface area contributed by atoms with Gasteiger partial charge in [-0.3, -0.25) is 4.79 Å². The molecule has 2 heterocycles. The van der Waals surface area contributed by atoms with Crippen LogP contribution in [0.15, 0.2) is 29.6 Å². The van der Waals surface area contributed by atoms with Gasteiger partial charge in [0.15, 0.2) is 0 Å². The van der Waals surface area contributed by atoms with E-state index in [9.17, 15) is 4.79 Å². The van der Waals surface area contributed by atoms with Gasteiger partial charge in [-0.05, 0) is 41.6 Å². The number of hydrogen-bond acceptors (Lipinski definition) is 4. The van der Waals surface area contributed by atoms with Crippen molar-refractivity contribution in [2.24, 2.45) is 5.73 Å². The van der Waals surface area contributed by atoms with Gasteiger partial charge in [0.25, 0.3) is 5.91 Å². The Morgan fingerprint density at radius 3 is 3.00 bits per heavy atom. The summed E-state index contributed by atoms with van der Waals surface area (Å²) in [4.78, 5) is 13.1. The Labute approximate surface area is 121 Å². The number of ether oxygens (including phenoxy) is 1. The van der Waals surface area contributed by atoms with Crippen molar-refractivity contribution >= 4 is 17.2 Å². The van der Waals surface area contributed by atoms with Gasteiger partial charge in [-0.15, -0.1) is 11.3 Å². The van der Waals surface area contributed by atoms with Crippen LogP contribution in [0, 0.1) is 6.92 Å². The van der Waals surface area contributed by atoms with E-state index in [4.69, 9.17) is 10.5 Å². The SMILES string of the molecule is Cc1ccsc1C(N)c1ccc2c(c1)C(=O)NCCO2. The maximum absolute atomic E-state index is 12.0. The summed E-state index contributed by atoms with van der Waals surface area (Å²) >= 11 is 1.64. The van der Waals surface area contributed by atoms with Crippen LogP contribution >= 0.6 is 11.3 Å². The smallest absolute Gasteiger partial charge is 0.255 e. The molecule has 1 aliphatic heterocycles. The number of aryl methyl sites for hydroxylation is 1. The molecule has 1 aromatic heterocycles. The first kappa shape index (κ1) is 13.1. The summed E-state index contributed by atoms with van der Waals surface area (Å²) in [5, 5.41) is 4.84. The van der Waals surface area contributed by atoms with E-state index in [0.29, 0.717) is 24.5 Å². The lowest BCUT2D eigenvalue weighted by molar-refractivity contribution is 0.0957. The predicted octanol–water partition coefficient (Wildman–Crippen LogP) is 2.23. The quantitative estimate of drug-likeness (QED) is 0.890. The normalized spacial score (nSPS) is 15.8. The van der Waals surface area contributed by atoms with Crippen LogP contribution in [0.2, 0.25) is 0 Å². The molecule has 1 amide bonds. The molecule has 0 radical (unpaired) electrons. The lowest BCUT2D eigenvalue weighted by Gasteiger charge is -2.14. The number of thiophene rings is 1. The highest BCUT2D eigenvalue weighted by atomic mass is 32.1. The molecule has 1 aliphatic rings. The molecule has 0 saturated carbocycles. The molecular formula is C15H16N2O2S. The van der Waals surface area contributed by atoms with Crippen LogP contribution in [0.25, 0.3) is 0 Å². The molecule has 5 heteroatoms. The number of benzene rings is 1. The number of amides is 1. The number of rotatable bonds is 2. The van der Waals surface area contributed by atoms with E-state index in [1.165, 1.54) is 5.56 Å². The van der Waals surface area contributed by atoms with Crippen LogP contribution in [-0.2, 0) is 0 Å². The van der Waals surface area contributed by atoms with Crippen molar-refractivity contribution in [3.05, 3.63) is 51.2 Å². The first-order valence-electron chi connectivity index (χ1n) is 6.51. The van der Waals surface area contributed by atoms with Crippen LogP contribution in [0.3, 0.4) is 0 Å². The van der Waals surface area contributed by atoms with Crippen molar-refractivity contribution in [2.75, 3.05) is 13.2 Å². The standard InChI is InChI=1S/C15H16N2O2S/c1-9-4-7-20-14(9)13(16)10-2-3-12-11(8-10)15(18)17-5-6-19-12/h2-4,7-8,13H,5-6,16H2,1H3,(H,17,18). The van der Waals surface area contributed by atoms with Crippen molar-refractivity contribution in [2.45, 2.75) is 13.0 Å². The minimum Gasteiger partial charge on any atom is -0.491 e. The molecule has 2 aromatic rings. The molecule has 1 unspecified atom stereocenters. The summed E-state index contributed by atoms with van der Waals surface area (Å²) in [7, 11) is 0. The van der Waals surface area contributed by atoms with E-state index >= 15 is 0 Å². The first-order valence-corrected chi connectivity index (χ1v) is 7.39. The largest absolute Gasteiger partial charge is 0.491 e. The van der Waals surface area contributed by atoms with Gasteiger partial charge in [0, 0.05) is 4.88 Å². The van der Waals surface area contributed by atoms with Gasteiger partial charge in [0.1, 0.15) is 12.4 Å². The number of nitrogens with two attached hydrogens (primary N) is 1. The molecule has 0 fully saturated rings. The highest BCUT2D eigenvalue weighted by Crippen LogP contribution is 2.30. The Hall–Kier alpha value is -1.85. The molecule has 20 heavy (non-hydrogen) atoms. The Balaban J connectivity index is 2.00. The molecular weight excluding hydrogens is 272 g/mol. The lowest BCUT2D eigenvalue weighted by atomic mass is 10.0. The van der Waals surface area contributed by atoms with Crippen molar-refractivity contribution in [3.63, 3.8) is 0 Å². The third kappa shape index (κ3) is 2.30. The van der Waals surface area contributed by atoms with Gasteiger partial charge >= 0.3 is 0 Å². The zero-order valence-electron chi connectivity index (χ0n) is 11.2. The van der Waals surface area contributed by atoms with Gasteiger partial charge in [-0.1, -0.05) is 6.07 Å². The van der Waals surface area contributed by atoms with Crippen molar-refractivity contribution in [3.8, 4) is 5.75 Å². The van der Waals surface area contributed by atoms with Crippen molar-refractivity contribution < 1.29 is 9.53 Å². The number of hydrogen-bond donors (Lipinski definition) is 2. The van der Waals surface area contributed by atoms with Gasteiger partial charge in [0.05, 0.1) is 18.2 Å². The molecule has 1 aromatic carbocycles. The summed E-state index contributed by atoms with van der Waals surface area (Å²) in [5.74, 6) is 0.522. The van der Waals surface area contributed by atoms with E-state index < -0.39 is 0 Å². The molecule has 0 aliphatic carbocycles. The highest BCUT2D eigenvalue weighted by molar-refractivity contribution is 7.10. The fourth-order valence-corrected chi connectivity index (χ4v) is 3.27. The van der Waals surface area contributed by atoms with Crippen LogP contribution in [0.1, 0.15) is 32.4 Å². The van der Waals surface area contributed by atoms with Gasteiger partial charge in [0.2, 0.25) is 0 Å². The fourth-order valence-electron chi connectivity index (χ4n) is 2.32. The van der Waals surface area contributed by atoms with Crippen molar-refractivity contribution in [1.82, 2.24) is 5.32 Å². The average molecular weight is 288 g/mol. The summed E-state index contributed by atoms with van der Waals surface area (Å²) in [6.45, 7) is 3.07. The van der Waals surface area contributed by atoms with Gasteiger partial charge < -0.3 is 15.8 Å². The topological polar surface area (TPSA) is 64.4 Å². The van der Waals surface area contributed by atoms with Crippen LogP contribution in [-0.4, -0.2) is 19.1 Å². The van der Waals surface area contributed by atoms with Crippen LogP contribution in [0.5, 0.6) is 5.75 Å². The Kier molecular flexibility index (Phi) is 3.46. The molecule has 3 rings (SSSR count). The van der Waals surface area contributed by atoms with Gasteiger partial charge in [-0.25, -0.2) is 0 Å². The molecule has 0 bridgehead atoms. The maximum Gasteiger partial charge on any atom is 0.255 e. The minimum absolute atomic E-state index is 0.102. The van der Waals surface area contributed by atoms with E-state index in [0.717, 1.165) is 10.4 Å². The fraction of sp³-hybridized carbons (Fsp3) is 0.267. The molecule has 4 nitrogen and oxygen atoms in total. The maximum atomic E-state index is 12.0. The molecule has 0 spiro atoms. The minimum atomic E-state index is -0.212. The van der Waals surface area contributed by atoms with E-state index in [1.54, 1.807) is 11.3 Å². The summed E-state index contributed by atoms with van der Waals surface area (Å²) in [5.41, 5.74) is 8.98. The Morgan fingerprint density at radius 1 is 1.40 bits per heavy atom. The predicted molar refractivity (Wildman–Crippen MR) is 79.4 cm³/mol. The third-order valence-electron chi connectivity index (χ3n) is 3.44. The molecule has 3 N–H and O–H groups in total. The Morgan fingerprint density at radius 2 is 2.25 bits per heavy atom. The highest BCUT2D eigenvalue weighted by Gasteiger charge is 2.20. The first-order chi connectivity index (χ1) is 9.66. The second-order valence-corrected chi connectivity index (χ2v) is 5.75. The number of carbonyl (C=O) groups is 1. The monoisotopic (exact) mass is 288 g/mol. The summed E-state index contributed by atoms with van der Waals surface area (Å²) < 4.78 is 5.55. The van der Waals surface area contributed by atoms with Gasteiger partial charge in [-0.2, -0.15) is 0 Å². The second kappa shape index (κ2) is 5.26. The molecule has 0 saturated heterocycles. The average Bonchev–Trinajstić information content (AvgIpc) is 2.79. The van der Waals surface area contributed by atoms with E-state index in [1.807, 2.05) is 30.5 Å². The van der Waals surface area contributed by atoms with Crippen molar-refractivity contribution in [1.29, 1.82) is 0 Å². The summed E-state index contributed by atoms with van der Waals surface area (Å²) in [6.07, 6.45) is 0. The molecule has 1 atom stereocenters. The zero-order chi connectivity index (χ0) is 14.1. The number of fused-ring (bicyclic) bond motifs is 1. The third-order valence-corrected chi connectivity index (χ3v) is 4.54. The van der Waals surface area contributed by atoms with E-state index in [2.05, 4.69) is 11.4 Å². The summed E-state index contributed by atoms with van der Waals surface area (Å²) in [6, 6.07) is 7.44. The second-order valence-electron chi connectivity index (χ2n) is 4.81.